The maximum Gasteiger partial charge on any atom is 0.408 e. The number of aryl methyl sites for hydroxylation is 1. The van der Waals surface area contributed by atoms with Crippen molar-refractivity contribution in [3.63, 3.8) is 0 Å². The Morgan fingerprint density at radius 2 is 1.93 bits per heavy atom. The van der Waals surface area contributed by atoms with Crippen LogP contribution in [0.4, 0.5) is 16.3 Å². The predicted molar refractivity (Wildman–Crippen MR) is 163 cm³/mol. The summed E-state index contributed by atoms with van der Waals surface area (Å²) in [5.41, 5.74) is 1.31. The van der Waals surface area contributed by atoms with Crippen LogP contribution >= 0.6 is 11.6 Å². The zero-order chi connectivity index (χ0) is 31.0. The molecule has 3 aromatic rings. The molecule has 14 heteroatoms. The number of rotatable bonds is 9. The molecule has 1 aliphatic rings. The van der Waals surface area contributed by atoms with Gasteiger partial charge in [-0.15, -0.1) is 0 Å². The third-order valence-electron chi connectivity index (χ3n) is 7.16. The molecule has 1 aromatic carbocycles. The normalized spacial score (nSPS) is 15.4. The minimum absolute atomic E-state index is 0.122. The van der Waals surface area contributed by atoms with E-state index in [1.807, 2.05) is 40.8 Å². The number of nitrogens with one attached hydrogen (secondary N) is 3. The molecular weight excluding hydrogens is 582 g/mol. The quantitative estimate of drug-likeness (QED) is 0.311. The minimum atomic E-state index is -3.62. The minimum Gasteiger partial charge on any atom is -0.444 e. The molecule has 0 spiro atoms. The summed E-state index contributed by atoms with van der Waals surface area (Å²) in [7, 11) is -2.00. The van der Waals surface area contributed by atoms with Crippen molar-refractivity contribution in [2.45, 2.75) is 71.1 Å². The van der Waals surface area contributed by atoms with Gasteiger partial charge in [0.05, 0.1) is 34.8 Å². The van der Waals surface area contributed by atoms with Gasteiger partial charge >= 0.3 is 6.09 Å². The molecule has 1 aliphatic carbocycles. The first-order chi connectivity index (χ1) is 19.5. The molecule has 2 amide bonds. The van der Waals surface area contributed by atoms with E-state index in [-0.39, 0.29) is 11.3 Å². The predicted octanol–water partition coefficient (Wildman–Crippen LogP) is 4.76. The Kier molecular flexibility index (Phi) is 8.66. The molecular formula is C28H38ClN7O5S. The van der Waals surface area contributed by atoms with E-state index in [9.17, 15) is 18.0 Å². The Labute approximate surface area is 251 Å². The highest BCUT2D eigenvalue weighted by Crippen LogP contribution is 2.33. The smallest absolute Gasteiger partial charge is 0.408 e. The summed E-state index contributed by atoms with van der Waals surface area (Å²) in [4.78, 5) is 32.1. The van der Waals surface area contributed by atoms with E-state index in [2.05, 4.69) is 20.5 Å². The number of carbonyl (C=O) groups is 2. The Bertz CT molecular complexity index is 1610. The molecule has 1 fully saturated rings. The van der Waals surface area contributed by atoms with E-state index in [0.29, 0.717) is 28.7 Å². The second-order valence-electron chi connectivity index (χ2n) is 11.9. The van der Waals surface area contributed by atoms with Gasteiger partial charge < -0.3 is 20.3 Å². The van der Waals surface area contributed by atoms with Crippen LogP contribution in [0.15, 0.2) is 30.5 Å². The first-order valence-corrected chi connectivity index (χ1v) is 15.9. The van der Waals surface area contributed by atoms with Gasteiger partial charge in [0.15, 0.2) is 5.65 Å². The van der Waals surface area contributed by atoms with Crippen LogP contribution in [0.2, 0.25) is 5.02 Å². The van der Waals surface area contributed by atoms with E-state index in [1.165, 1.54) is 23.1 Å². The van der Waals surface area contributed by atoms with Crippen LogP contribution in [0.3, 0.4) is 0 Å². The maximum absolute atomic E-state index is 13.4. The summed E-state index contributed by atoms with van der Waals surface area (Å²) in [6.07, 6.45) is 5.12. The van der Waals surface area contributed by atoms with Crippen LogP contribution in [0, 0.1) is 6.92 Å². The molecule has 0 aliphatic heterocycles. The number of alkyl carbamates (subject to hydrolysis) is 1. The average Bonchev–Trinajstić information content (AvgIpc) is 3.25. The highest BCUT2D eigenvalue weighted by Gasteiger charge is 2.39. The third kappa shape index (κ3) is 7.43. The van der Waals surface area contributed by atoms with Gasteiger partial charge in [-0.05, 0) is 72.1 Å². The number of anilines is 2. The summed E-state index contributed by atoms with van der Waals surface area (Å²) in [5, 5.41) is 11.4. The number of hydrogen-bond donors (Lipinski definition) is 3. The molecule has 42 heavy (non-hydrogen) atoms. The van der Waals surface area contributed by atoms with Crippen LogP contribution in [0.1, 0.15) is 74.6 Å². The number of amides is 2. The van der Waals surface area contributed by atoms with E-state index < -0.39 is 39.2 Å². The van der Waals surface area contributed by atoms with Gasteiger partial charge in [-0.25, -0.2) is 22.7 Å². The second kappa shape index (κ2) is 11.6. The zero-order valence-corrected chi connectivity index (χ0v) is 26.5. The number of aromatic nitrogens is 3. The molecule has 3 N–H and O–H groups in total. The first kappa shape index (κ1) is 31.4. The summed E-state index contributed by atoms with van der Waals surface area (Å²) >= 11 is 6.13. The lowest BCUT2D eigenvalue weighted by Crippen LogP contribution is -2.58. The SMILES string of the molecule is Cc1cn2nc([C@H](C)N(C)C(=O)c3cc(Cl)ccc3NS(C)(=O)=O)cc2nc1NCC1(NC(=O)OC(C)(C)C)CCC1. The van der Waals surface area contributed by atoms with E-state index in [4.69, 9.17) is 21.3 Å². The number of sulfonamides is 1. The molecule has 2 aromatic heterocycles. The zero-order valence-electron chi connectivity index (χ0n) is 24.9. The van der Waals surface area contributed by atoms with Crippen LogP contribution in [-0.2, 0) is 14.8 Å². The summed E-state index contributed by atoms with van der Waals surface area (Å²) in [6, 6.07) is 5.72. The molecule has 12 nitrogen and oxygen atoms in total. The largest absolute Gasteiger partial charge is 0.444 e. The number of benzene rings is 1. The lowest BCUT2D eigenvalue weighted by Gasteiger charge is -2.42. The van der Waals surface area contributed by atoms with Crippen LogP contribution in [0.25, 0.3) is 5.65 Å². The number of nitrogens with zero attached hydrogens (tertiary/aromatic N) is 4. The molecule has 1 atom stereocenters. The molecule has 228 valence electrons. The highest BCUT2D eigenvalue weighted by atomic mass is 35.5. The topological polar surface area (TPSA) is 147 Å². The van der Waals surface area contributed by atoms with Crippen molar-refractivity contribution in [2.24, 2.45) is 0 Å². The van der Waals surface area contributed by atoms with E-state index in [0.717, 1.165) is 31.1 Å². The maximum atomic E-state index is 13.4. The third-order valence-corrected chi connectivity index (χ3v) is 7.98. The molecule has 0 unspecified atom stereocenters. The van der Waals surface area contributed by atoms with E-state index in [1.54, 1.807) is 17.6 Å². The van der Waals surface area contributed by atoms with Crippen LogP contribution in [0.5, 0.6) is 0 Å². The van der Waals surface area contributed by atoms with Gasteiger partial charge in [-0.2, -0.15) is 5.10 Å². The summed E-state index contributed by atoms with van der Waals surface area (Å²) < 4.78 is 33.2. The lowest BCUT2D eigenvalue weighted by molar-refractivity contribution is 0.0398. The fourth-order valence-electron chi connectivity index (χ4n) is 4.68. The summed E-state index contributed by atoms with van der Waals surface area (Å²) in [6.45, 7) is 9.73. The Morgan fingerprint density at radius 1 is 1.24 bits per heavy atom. The monoisotopic (exact) mass is 619 g/mol. The van der Waals surface area contributed by atoms with Gasteiger partial charge in [-0.1, -0.05) is 11.6 Å². The van der Waals surface area contributed by atoms with Crippen molar-refractivity contribution in [3.8, 4) is 0 Å². The van der Waals surface area contributed by atoms with Gasteiger partial charge in [-0.3, -0.25) is 9.52 Å². The second-order valence-corrected chi connectivity index (χ2v) is 14.1. The fraction of sp³-hybridized carbons (Fsp3) is 0.500. The number of hydrogen-bond acceptors (Lipinski definition) is 8. The Morgan fingerprint density at radius 3 is 2.52 bits per heavy atom. The Balaban J connectivity index is 1.51. The molecule has 1 saturated carbocycles. The fourth-order valence-corrected chi connectivity index (χ4v) is 5.43. The highest BCUT2D eigenvalue weighted by molar-refractivity contribution is 7.92. The van der Waals surface area contributed by atoms with Gasteiger partial charge in [0.25, 0.3) is 5.91 Å². The van der Waals surface area contributed by atoms with Crippen molar-refractivity contribution < 1.29 is 22.7 Å². The average molecular weight is 620 g/mol. The van der Waals surface area contributed by atoms with Crippen molar-refractivity contribution >= 4 is 50.8 Å². The first-order valence-electron chi connectivity index (χ1n) is 13.6. The molecule has 0 saturated heterocycles. The molecule has 2 heterocycles. The molecule has 0 bridgehead atoms. The Hall–Kier alpha value is -3.58. The van der Waals surface area contributed by atoms with E-state index >= 15 is 0 Å². The van der Waals surface area contributed by atoms with Crippen LogP contribution in [-0.4, -0.2) is 70.9 Å². The van der Waals surface area contributed by atoms with Crippen LogP contribution < -0.4 is 15.4 Å². The standard InChI is InChI=1S/C28H38ClN7O5S/c1-17-15-36-23(31-24(17)30-16-28(11-8-12-28)32-26(38)41-27(3,4)5)14-22(33-36)18(2)35(6)25(37)20-13-19(29)9-10-21(20)34-42(7,39)40/h9-10,13-15,18,34H,8,11-12,16H2,1-7H3,(H,30,31)(H,32,38)/t18-/m0/s1. The number of halogens is 1. The molecule has 4 rings (SSSR count). The van der Waals surface area contributed by atoms with Gasteiger partial charge in [0.1, 0.15) is 11.4 Å². The lowest BCUT2D eigenvalue weighted by atomic mass is 9.76. The van der Waals surface area contributed by atoms with Crippen molar-refractivity contribution in [1.82, 2.24) is 24.8 Å². The number of carbonyl (C=O) groups excluding carboxylic acids is 2. The summed E-state index contributed by atoms with van der Waals surface area (Å²) in [5.74, 6) is 0.238. The van der Waals surface area contributed by atoms with Crippen molar-refractivity contribution in [1.29, 1.82) is 0 Å². The van der Waals surface area contributed by atoms with Crippen molar-refractivity contribution in [3.05, 3.63) is 52.3 Å². The number of ether oxygens (including phenoxy) is 1. The number of fused-ring (bicyclic) bond motifs is 1. The molecule has 0 radical (unpaired) electrons. The van der Waals surface area contributed by atoms with Crippen molar-refractivity contribution in [2.75, 3.05) is 29.9 Å². The van der Waals surface area contributed by atoms with Gasteiger partial charge in [0, 0.05) is 36.4 Å². The van der Waals surface area contributed by atoms with Gasteiger partial charge in [0.2, 0.25) is 10.0 Å².